The average molecular weight is 338 g/mol. The third-order valence-electron chi connectivity index (χ3n) is 4.69. The van der Waals surface area contributed by atoms with E-state index in [0.29, 0.717) is 13.1 Å². The molecule has 6 heteroatoms. The van der Waals surface area contributed by atoms with Crippen LogP contribution in [-0.2, 0) is 4.79 Å². The molecular formula is C18H18N4OS. The molecule has 0 unspecified atom stereocenters. The van der Waals surface area contributed by atoms with Crippen molar-refractivity contribution in [2.45, 2.75) is 13.8 Å². The molecule has 0 saturated carbocycles. The van der Waals surface area contributed by atoms with E-state index in [1.165, 1.54) is 5.56 Å². The van der Waals surface area contributed by atoms with Crippen LogP contribution in [0.25, 0.3) is 21.3 Å². The SMILES string of the molecule is Cc1ccc(-c2csc3ncnc(N4CC(C)(C(N)=O)C4)c23)cc1. The molecule has 0 spiro atoms. The van der Waals surface area contributed by atoms with E-state index in [1.807, 2.05) is 6.92 Å². The number of anilines is 1. The van der Waals surface area contributed by atoms with Gasteiger partial charge in [0.2, 0.25) is 5.91 Å². The van der Waals surface area contributed by atoms with Crippen LogP contribution in [0.2, 0.25) is 0 Å². The van der Waals surface area contributed by atoms with Crippen molar-refractivity contribution in [3.05, 3.63) is 41.5 Å². The summed E-state index contributed by atoms with van der Waals surface area (Å²) < 4.78 is 0. The van der Waals surface area contributed by atoms with E-state index in [0.717, 1.165) is 27.2 Å². The number of carbonyl (C=O) groups excluding carboxylic acids is 1. The van der Waals surface area contributed by atoms with Gasteiger partial charge in [-0.1, -0.05) is 29.8 Å². The zero-order chi connectivity index (χ0) is 16.9. The van der Waals surface area contributed by atoms with Crippen LogP contribution >= 0.6 is 11.3 Å². The van der Waals surface area contributed by atoms with Gasteiger partial charge in [0, 0.05) is 24.0 Å². The third kappa shape index (κ3) is 2.26. The van der Waals surface area contributed by atoms with Crippen molar-refractivity contribution in [2.75, 3.05) is 18.0 Å². The van der Waals surface area contributed by atoms with Gasteiger partial charge in [0.15, 0.2) is 0 Å². The van der Waals surface area contributed by atoms with Crippen LogP contribution in [-0.4, -0.2) is 29.0 Å². The molecule has 122 valence electrons. The Morgan fingerprint density at radius 3 is 2.62 bits per heavy atom. The van der Waals surface area contributed by atoms with Gasteiger partial charge < -0.3 is 10.6 Å². The number of fused-ring (bicyclic) bond motifs is 1. The van der Waals surface area contributed by atoms with Gasteiger partial charge in [-0.15, -0.1) is 11.3 Å². The first kappa shape index (κ1) is 15.1. The van der Waals surface area contributed by atoms with E-state index in [4.69, 9.17) is 5.73 Å². The number of rotatable bonds is 3. The number of hydrogen-bond donors (Lipinski definition) is 1. The number of aromatic nitrogens is 2. The van der Waals surface area contributed by atoms with E-state index in [-0.39, 0.29) is 5.91 Å². The second-order valence-corrected chi connectivity index (χ2v) is 7.53. The molecule has 0 atom stereocenters. The maximum atomic E-state index is 11.6. The summed E-state index contributed by atoms with van der Waals surface area (Å²) in [6.07, 6.45) is 1.59. The van der Waals surface area contributed by atoms with Crippen molar-refractivity contribution in [3.8, 4) is 11.1 Å². The van der Waals surface area contributed by atoms with E-state index in [2.05, 4.69) is 51.4 Å². The normalized spacial score (nSPS) is 16.2. The molecule has 0 aliphatic carbocycles. The Morgan fingerprint density at radius 1 is 1.25 bits per heavy atom. The highest BCUT2D eigenvalue weighted by molar-refractivity contribution is 7.17. The first-order chi connectivity index (χ1) is 11.5. The summed E-state index contributed by atoms with van der Waals surface area (Å²) >= 11 is 1.62. The highest BCUT2D eigenvalue weighted by atomic mass is 32.1. The number of benzene rings is 1. The van der Waals surface area contributed by atoms with Gasteiger partial charge in [0.25, 0.3) is 0 Å². The predicted molar refractivity (Wildman–Crippen MR) is 97.1 cm³/mol. The maximum Gasteiger partial charge on any atom is 0.226 e. The van der Waals surface area contributed by atoms with Crippen LogP contribution < -0.4 is 10.6 Å². The number of amides is 1. The summed E-state index contributed by atoms with van der Waals surface area (Å²) in [4.78, 5) is 23.6. The number of hydrogen-bond acceptors (Lipinski definition) is 5. The second-order valence-electron chi connectivity index (χ2n) is 6.67. The minimum atomic E-state index is -0.475. The van der Waals surface area contributed by atoms with Gasteiger partial charge in [-0.05, 0) is 19.4 Å². The molecule has 3 aromatic rings. The van der Waals surface area contributed by atoms with Gasteiger partial charge in [0.1, 0.15) is 17.0 Å². The molecule has 3 heterocycles. The minimum absolute atomic E-state index is 0.256. The summed E-state index contributed by atoms with van der Waals surface area (Å²) in [6, 6.07) is 8.46. The molecule has 2 N–H and O–H groups in total. The number of nitrogens with two attached hydrogens (primary N) is 1. The van der Waals surface area contributed by atoms with Crippen molar-refractivity contribution in [1.29, 1.82) is 0 Å². The standard InChI is InChI=1S/C18H18N4OS/c1-11-3-5-12(6-4-11)13-7-24-16-14(13)15(20-10-21-16)22-8-18(2,9-22)17(19)23/h3-7,10H,8-9H2,1-2H3,(H2,19,23). The number of carbonyl (C=O) groups is 1. The summed E-state index contributed by atoms with van der Waals surface area (Å²) in [7, 11) is 0. The van der Waals surface area contributed by atoms with Crippen molar-refractivity contribution in [1.82, 2.24) is 9.97 Å². The van der Waals surface area contributed by atoms with Gasteiger partial charge in [0.05, 0.1) is 10.8 Å². The Balaban J connectivity index is 1.79. The first-order valence-electron chi connectivity index (χ1n) is 7.82. The summed E-state index contributed by atoms with van der Waals surface area (Å²) in [5.74, 6) is 0.628. The topological polar surface area (TPSA) is 72.1 Å². The van der Waals surface area contributed by atoms with Crippen LogP contribution in [0.1, 0.15) is 12.5 Å². The van der Waals surface area contributed by atoms with Crippen molar-refractivity contribution in [3.63, 3.8) is 0 Å². The number of thiophene rings is 1. The quantitative estimate of drug-likeness (QED) is 0.797. The van der Waals surface area contributed by atoms with Crippen LogP contribution in [0.15, 0.2) is 36.0 Å². The van der Waals surface area contributed by atoms with Gasteiger partial charge in [-0.2, -0.15) is 0 Å². The monoisotopic (exact) mass is 338 g/mol. The molecule has 1 aliphatic heterocycles. The predicted octanol–water partition coefficient (Wildman–Crippen LogP) is 2.98. The van der Waals surface area contributed by atoms with E-state index < -0.39 is 5.41 Å². The van der Waals surface area contributed by atoms with Gasteiger partial charge in [-0.3, -0.25) is 4.79 Å². The van der Waals surface area contributed by atoms with Crippen LogP contribution in [0.4, 0.5) is 5.82 Å². The zero-order valence-electron chi connectivity index (χ0n) is 13.6. The zero-order valence-corrected chi connectivity index (χ0v) is 14.4. The van der Waals surface area contributed by atoms with Crippen molar-refractivity contribution in [2.24, 2.45) is 11.1 Å². The van der Waals surface area contributed by atoms with E-state index in [9.17, 15) is 4.79 Å². The van der Waals surface area contributed by atoms with Crippen LogP contribution in [0, 0.1) is 12.3 Å². The average Bonchev–Trinajstić information content (AvgIpc) is 2.96. The smallest absolute Gasteiger partial charge is 0.226 e. The lowest BCUT2D eigenvalue weighted by molar-refractivity contribution is -0.128. The summed E-state index contributed by atoms with van der Waals surface area (Å²) in [6.45, 7) is 5.17. The fourth-order valence-electron chi connectivity index (χ4n) is 3.15. The number of aryl methyl sites for hydroxylation is 1. The first-order valence-corrected chi connectivity index (χ1v) is 8.70. The molecule has 24 heavy (non-hydrogen) atoms. The summed E-state index contributed by atoms with van der Waals surface area (Å²) in [5.41, 5.74) is 8.55. The van der Waals surface area contributed by atoms with Gasteiger partial charge >= 0.3 is 0 Å². The fraction of sp³-hybridized carbons (Fsp3) is 0.278. The Labute approximate surface area is 144 Å². The lowest BCUT2D eigenvalue weighted by Gasteiger charge is -2.46. The van der Waals surface area contributed by atoms with Crippen LogP contribution in [0.3, 0.4) is 0 Å². The molecule has 0 bridgehead atoms. The molecule has 1 saturated heterocycles. The Bertz CT molecular complexity index is 926. The molecule has 5 nitrogen and oxygen atoms in total. The number of nitrogens with zero attached hydrogens (tertiary/aromatic N) is 3. The van der Waals surface area contributed by atoms with E-state index >= 15 is 0 Å². The highest BCUT2D eigenvalue weighted by Crippen LogP contribution is 2.41. The fourth-order valence-corrected chi connectivity index (χ4v) is 4.06. The third-order valence-corrected chi connectivity index (χ3v) is 5.57. The van der Waals surface area contributed by atoms with Crippen molar-refractivity contribution < 1.29 is 4.79 Å². The molecule has 1 aromatic carbocycles. The largest absolute Gasteiger partial charge is 0.369 e. The molecule has 4 rings (SSSR count). The maximum absolute atomic E-state index is 11.6. The van der Waals surface area contributed by atoms with E-state index in [1.54, 1.807) is 17.7 Å². The Morgan fingerprint density at radius 2 is 1.96 bits per heavy atom. The molecule has 1 fully saturated rings. The Kier molecular flexibility index (Phi) is 3.31. The highest BCUT2D eigenvalue weighted by Gasteiger charge is 2.45. The lowest BCUT2D eigenvalue weighted by Crippen LogP contribution is -2.61. The molecule has 2 aromatic heterocycles. The molecular weight excluding hydrogens is 320 g/mol. The van der Waals surface area contributed by atoms with Crippen LogP contribution in [0.5, 0.6) is 0 Å². The number of primary amides is 1. The summed E-state index contributed by atoms with van der Waals surface area (Å²) in [5, 5.41) is 3.18. The molecule has 1 aliphatic rings. The van der Waals surface area contributed by atoms with Gasteiger partial charge in [-0.25, -0.2) is 9.97 Å². The molecule has 0 radical (unpaired) electrons. The lowest BCUT2D eigenvalue weighted by atomic mass is 9.81. The van der Waals surface area contributed by atoms with Crippen molar-refractivity contribution >= 4 is 33.3 Å². The minimum Gasteiger partial charge on any atom is -0.369 e. The second kappa shape index (κ2) is 5.27. The molecule has 1 amide bonds. The Hall–Kier alpha value is -2.47.